The first-order chi connectivity index (χ1) is 6.59. The molecule has 0 amide bonds. The number of aryl methyl sites for hydroxylation is 1. The van der Waals surface area contributed by atoms with Crippen molar-refractivity contribution in [3.8, 4) is 0 Å². The molecule has 2 heterocycles. The van der Waals surface area contributed by atoms with E-state index >= 15 is 0 Å². The number of hydrogen-bond acceptors (Lipinski definition) is 3. The number of aromatic carboxylic acids is 1. The van der Waals surface area contributed by atoms with E-state index in [1.54, 1.807) is 6.07 Å². The predicted molar refractivity (Wildman–Crippen MR) is 56.3 cm³/mol. The number of carbonyl (C=O) groups is 1. The zero-order valence-corrected chi connectivity index (χ0v) is 8.82. The third kappa shape index (κ3) is 1.36. The van der Waals surface area contributed by atoms with Crippen LogP contribution >= 0.6 is 22.9 Å². The van der Waals surface area contributed by atoms with E-state index in [9.17, 15) is 4.79 Å². The van der Waals surface area contributed by atoms with Gasteiger partial charge in [-0.25, -0.2) is 4.79 Å². The number of aromatic nitrogens is 1. The monoisotopic (exact) mass is 227 g/mol. The lowest BCUT2D eigenvalue weighted by molar-refractivity contribution is 0.0702. The summed E-state index contributed by atoms with van der Waals surface area (Å²) < 4.78 is 0.843. The molecule has 0 bridgehead atoms. The van der Waals surface area contributed by atoms with E-state index in [4.69, 9.17) is 16.7 Å². The van der Waals surface area contributed by atoms with Crippen molar-refractivity contribution in [1.82, 2.24) is 4.98 Å². The molecule has 0 saturated carbocycles. The molecular formula is C9H6ClNO2S. The van der Waals surface area contributed by atoms with Crippen LogP contribution in [0, 0.1) is 6.92 Å². The van der Waals surface area contributed by atoms with Crippen molar-refractivity contribution in [3.63, 3.8) is 0 Å². The van der Waals surface area contributed by atoms with Crippen LogP contribution in [0.3, 0.4) is 0 Å². The second kappa shape index (κ2) is 3.22. The van der Waals surface area contributed by atoms with Crippen molar-refractivity contribution in [2.24, 2.45) is 0 Å². The Kier molecular flexibility index (Phi) is 2.17. The van der Waals surface area contributed by atoms with E-state index in [0.29, 0.717) is 5.02 Å². The normalized spacial score (nSPS) is 10.7. The zero-order valence-electron chi connectivity index (χ0n) is 7.24. The van der Waals surface area contributed by atoms with Crippen molar-refractivity contribution in [1.29, 1.82) is 0 Å². The van der Waals surface area contributed by atoms with Gasteiger partial charge in [0.2, 0.25) is 0 Å². The number of rotatable bonds is 1. The van der Waals surface area contributed by atoms with Crippen LogP contribution in [0.4, 0.5) is 0 Å². The van der Waals surface area contributed by atoms with Crippen LogP contribution in [0.2, 0.25) is 5.02 Å². The molecule has 0 saturated heterocycles. The zero-order chi connectivity index (χ0) is 10.3. The lowest BCUT2D eigenvalue weighted by Gasteiger charge is -1.95. The molecule has 0 unspecified atom stereocenters. The van der Waals surface area contributed by atoms with Crippen LogP contribution < -0.4 is 0 Å². The fourth-order valence-electron chi connectivity index (χ4n) is 1.22. The highest BCUT2D eigenvalue weighted by atomic mass is 35.5. The van der Waals surface area contributed by atoms with E-state index in [2.05, 4.69) is 4.98 Å². The summed E-state index contributed by atoms with van der Waals surface area (Å²) in [4.78, 5) is 15.1. The van der Waals surface area contributed by atoms with Crippen molar-refractivity contribution in [2.45, 2.75) is 6.92 Å². The maximum Gasteiger partial charge on any atom is 0.345 e. The summed E-state index contributed by atoms with van der Waals surface area (Å²) in [6, 6.07) is 1.58. The Labute approximate surface area is 89.0 Å². The molecule has 0 spiro atoms. The average molecular weight is 228 g/mol. The fourth-order valence-corrected chi connectivity index (χ4v) is 2.44. The van der Waals surface area contributed by atoms with Gasteiger partial charge in [-0.05, 0) is 13.0 Å². The van der Waals surface area contributed by atoms with Crippen LogP contribution in [0.15, 0.2) is 12.3 Å². The lowest BCUT2D eigenvalue weighted by atomic mass is 10.2. The topological polar surface area (TPSA) is 50.2 Å². The molecule has 0 atom stereocenters. The van der Waals surface area contributed by atoms with Crippen LogP contribution in [0.1, 0.15) is 15.4 Å². The van der Waals surface area contributed by atoms with Gasteiger partial charge in [0.15, 0.2) is 0 Å². The van der Waals surface area contributed by atoms with E-state index < -0.39 is 5.97 Å². The molecule has 2 aromatic heterocycles. The standard InChI is InChI=1S/C9H6ClNO2S/c1-4-8-5(6(10)3-11-4)2-7(14-8)9(12)13/h2-3H,1H3,(H,12,13). The van der Waals surface area contributed by atoms with E-state index in [1.807, 2.05) is 6.92 Å². The first-order valence-electron chi connectivity index (χ1n) is 3.87. The molecule has 0 radical (unpaired) electrons. The van der Waals surface area contributed by atoms with Gasteiger partial charge in [-0.3, -0.25) is 4.98 Å². The quantitative estimate of drug-likeness (QED) is 0.815. The lowest BCUT2D eigenvalue weighted by Crippen LogP contribution is -1.89. The van der Waals surface area contributed by atoms with Gasteiger partial charge in [0.25, 0.3) is 0 Å². The Balaban J connectivity index is 2.82. The van der Waals surface area contributed by atoms with Gasteiger partial charge in [-0.1, -0.05) is 11.6 Å². The molecule has 0 aliphatic heterocycles. The molecule has 1 N–H and O–H groups in total. The smallest absolute Gasteiger partial charge is 0.345 e. The number of fused-ring (bicyclic) bond motifs is 1. The summed E-state index contributed by atoms with van der Waals surface area (Å²) >= 11 is 7.10. The Morgan fingerprint density at radius 3 is 2.93 bits per heavy atom. The highest BCUT2D eigenvalue weighted by Gasteiger charge is 2.12. The van der Waals surface area contributed by atoms with Gasteiger partial charge in [-0.2, -0.15) is 0 Å². The number of hydrogen-bond donors (Lipinski definition) is 1. The summed E-state index contributed by atoms with van der Waals surface area (Å²) in [5.41, 5.74) is 0.807. The molecule has 0 aliphatic rings. The average Bonchev–Trinajstić information content (AvgIpc) is 2.57. The van der Waals surface area contributed by atoms with Crippen LogP contribution in [-0.4, -0.2) is 16.1 Å². The minimum Gasteiger partial charge on any atom is -0.477 e. The van der Waals surface area contributed by atoms with Gasteiger partial charge in [-0.15, -0.1) is 11.3 Å². The summed E-state index contributed by atoms with van der Waals surface area (Å²) in [5, 5.41) is 10.1. The molecule has 2 rings (SSSR count). The maximum atomic E-state index is 10.7. The first-order valence-corrected chi connectivity index (χ1v) is 5.07. The van der Waals surface area contributed by atoms with Crippen molar-refractivity contribution in [3.05, 3.63) is 27.9 Å². The highest BCUT2D eigenvalue weighted by Crippen LogP contribution is 2.32. The van der Waals surface area contributed by atoms with Crippen molar-refractivity contribution >= 4 is 39.0 Å². The molecule has 72 valence electrons. The van der Waals surface area contributed by atoms with Gasteiger partial charge < -0.3 is 5.11 Å². The minimum absolute atomic E-state index is 0.290. The number of carboxylic acids is 1. The van der Waals surface area contributed by atoms with Crippen LogP contribution in [-0.2, 0) is 0 Å². The molecule has 0 aliphatic carbocycles. The Morgan fingerprint density at radius 2 is 2.36 bits per heavy atom. The fraction of sp³-hybridized carbons (Fsp3) is 0.111. The molecule has 0 fully saturated rings. The summed E-state index contributed by atoms with van der Waals surface area (Å²) in [7, 11) is 0. The number of nitrogens with zero attached hydrogens (tertiary/aromatic N) is 1. The molecule has 3 nitrogen and oxygen atoms in total. The van der Waals surface area contributed by atoms with Crippen LogP contribution in [0.25, 0.3) is 10.1 Å². The van der Waals surface area contributed by atoms with E-state index in [-0.39, 0.29) is 4.88 Å². The van der Waals surface area contributed by atoms with Gasteiger partial charge in [0.05, 0.1) is 15.4 Å². The molecule has 5 heteroatoms. The van der Waals surface area contributed by atoms with E-state index in [1.165, 1.54) is 17.5 Å². The predicted octanol–water partition coefficient (Wildman–Crippen LogP) is 2.96. The Hall–Kier alpha value is -1.13. The minimum atomic E-state index is -0.929. The highest BCUT2D eigenvalue weighted by molar-refractivity contribution is 7.21. The SMILES string of the molecule is Cc1ncc(Cl)c2cc(C(=O)O)sc12. The van der Waals surface area contributed by atoms with Crippen molar-refractivity contribution < 1.29 is 9.90 Å². The summed E-state index contributed by atoms with van der Waals surface area (Å²) in [6.07, 6.45) is 1.54. The van der Waals surface area contributed by atoms with Gasteiger partial charge in [0, 0.05) is 11.6 Å². The number of pyridine rings is 1. The van der Waals surface area contributed by atoms with Crippen LogP contribution in [0.5, 0.6) is 0 Å². The maximum absolute atomic E-state index is 10.7. The third-order valence-electron chi connectivity index (χ3n) is 1.90. The summed E-state index contributed by atoms with van der Waals surface area (Å²) in [6.45, 7) is 1.83. The Bertz CT molecular complexity index is 482. The molecule has 14 heavy (non-hydrogen) atoms. The number of carboxylic acid groups (broad SMARTS) is 1. The van der Waals surface area contributed by atoms with E-state index in [0.717, 1.165) is 15.8 Å². The molecule has 0 aromatic carbocycles. The first kappa shape index (κ1) is 9.43. The largest absolute Gasteiger partial charge is 0.477 e. The Morgan fingerprint density at radius 1 is 1.64 bits per heavy atom. The van der Waals surface area contributed by atoms with Gasteiger partial charge >= 0.3 is 5.97 Å². The van der Waals surface area contributed by atoms with Crippen molar-refractivity contribution in [2.75, 3.05) is 0 Å². The summed E-state index contributed by atoms with van der Waals surface area (Å²) in [5.74, 6) is -0.929. The number of halogens is 1. The second-order valence-corrected chi connectivity index (χ2v) is 4.31. The molecule has 2 aromatic rings. The molecular weight excluding hydrogens is 222 g/mol. The van der Waals surface area contributed by atoms with Gasteiger partial charge in [0.1, 0.15) is 4.88 Å². The second-order valence-electron chi connectivity index (χ2n) is 2.85. The number of thiophene rings is 1. The third-order valence-corrected chi connectivity index (χ3v) is 3.43.